The molecule has 3 heteroatoms. The molecule has 2 unspecified atom stereocenters. The van der Waals surface area contributed by atoms with E-state index in [0.717, 1.165) is 19.4 Å². The Morgan fingerprint density at radius 3 is 2.67 bits per heavy atom. The standard InChI is InChI=1S/C9H16N2O/c1-6-5-11-8(12)9(3-4-9)7(6)10-2/h6-7,10H,3-5H2,1-2H3,(H,11,12). The first-order valence-electron chi connectivity index (χ1n) is 4.66. The van der Waals surface area contributed by atoms with E-state index in [1.807, 2.05) is 7.05 Å². The first-order chi connectivity index (χ1) is 5.70. The summed E-state index contributed by atoms with van der Waals surface area (Å²) in [6.07, 6.45) is 2.13. The molecule has 68 valence electrons. The summed E-state index contributed by atoms with van der Waals surface area (Å²) in [5.74, 6) is 0.829. The van der Waals surface area contributed by atoms with Gasteiger partial charge in [-0.1, -0.05) is 6.92 Å². The first kappa shape index (κ1) is 8.05. The molecule has 1 spiro atoms. The predicted molar refractivity (Wildman–Crippen MR) is 46.7 cm³/mol. The van der Waals surface area contributed by atoms with Crippen molar-refractivity contribution in [2.75, 3.05) is 13.6 Å². The van der Waals surface area contributed by atoms with Gasteiger partial charge in [0.25, 0.3) is 0 Å². The molecule has 2 rings (SSSR count). The molecule has 0 aromatic carbocycles. The Balaban J connectivity index is 2.20. The lowest BCUT2D eigenvalue weighted by atomic mass is 9.82. The number of carbonyl (C=O) groups is 1. The molecule has 0 bridgehead atoms. The average molecular weight is 168 g/mol. The summed E-state index contributed by atoms with van der Waals surface area (Å²) in [6, 6.07) is 0.395. The SMILES string of the molecule is CNC1C(C)CNC(=O)C12CC2. The molecule has 2 N–H and O–H groups in total. The second kappa shape index (κ2) is 2.46. The van der Waals surface area contributed by atoms with Gasteiger partial charge in [0, 0.05) is 12.6 Å². The molecule has 1 aliphatic heterocycles. The normalized spacial score (nSPS) is 38.0. The molecule has 2 aliphatic rings. The lowest BCUT2D eigenvalue weighted by Gasteiger charge is -2.36. The predicted octanol–water partition coefficient (Wildman–Crippen LogP) is 0.120. The van der Waals surface area contributed by atoms with Gasteiger partial charge >= 0.3 is 0 Å². The number of nitrogens with one attached hydrogen (secondary N) is 2. The minimum atomic E-state index is -0.0353. The molecule has 0 radical (unpaired) electrons. The van der Waals surface area contributed by atoms with Gasteiger partial charge in [-0.25, -0.2) is 0 Å². The highest BCUT2D eigenvalue weighted by Gasteiger charge is 2.58. The van der Waals surface area contributed by atoms with Crippen LogP contribution >= 0.6 is 0 Å². The Bertz CT molecular complexity index is 211. The Labute approximate surface area is 72.9 Å². The maximum Gasteiger partial charge on any atom is 0.227 e. The van der Waals surface area contributed by atoms with Gasteiger partial charge in [0.1, 0.15) is 0 Å². The fourth-order valence-electron chi connectivity index (χ4n) is 2.47. The van der Waals surface area contributed by atoms with E-state index in [2.05, 4.69) is 17.6 Å². The number of rotatable bonds is 1. The van der Waals surface area contributed by atoms with Crippen LogP contribution in [0.2, 0.25) is 0 Å². The number of amides is 1. The molecule has 1 amide bonds. The quantitative estimate of drug-likeness (QED) is 0.584. The zero-order valence-corrected chi connectivity index (χ0v) is 7.68. The van der Waals surface area contributed by atoms with E-state index in [1.54, 1.807) is 0 Å². The smallest absolute Gasteiger partial charge is 0.227 e. The van der Waals surface area contributed by atoms with Crippen LogP contribution < -0.4 is 10.6 Å². The molecule has 3 nitrogen and oxygen atoms in total. The average Bonchev–Trinajstić information content (AvgIpc) is 2.81. The van der Waals surface area contributed by atoms with E-state index in [4.69, 9.17) is 0 Å². The van der Waals surface area contributed by atoms with Crippen LogP contribution in [0.5, 0.6) is 0 Å². The van der Waals surface area contributed by atoms with Gasteiger partial charge in [0.2, 0.25) is 5.91 Å². The minimum Gasteiger partial charge on any atom is -0.355 e. The van der Waals surface area contributed by atoms with E-state index in [0.29, 0.717) is 12.0 Å². The Hall–Kier alpha value is -0.570. The third-order valence-corrected chi connectivity index (χ3v) is 3.30. The highest BCUT2D eigenvalue weighted by molar-refractivity contribution is 5.87. The summed E-state index contributed by atoms with van der Waals surface area (Å²) in [6.45, 7) is 3.02. The van der Waals surface area contributed by atoms with Gasteiger partial charge in [-0.05, 0) is 25.8 Å². The van der Waals surface area contributed by atoms with Crippen LogP contribution in [-0.2, 0) is 4.79 Å². The second-order valence-corrected chi connectivity index (χ2v) is 4.11. The third-order valence-electron chi connectivity index (χ3n) is 3.30. The zero-order valence-electron chi connectivity index (χ0n) is 7.68. The molecular weight excluding hydrogens is 152 g/mol. The monoisotopic (exact) mass is 168 g/mol. The van der Waals surface area contributed by atoms with Crippen molar-refractivity contribution in [3.63, 3.8) is 0 Å². The van der Waals surface area contributed by atoms with Gasteiger partial charge in [0.05, 0.1) is 5.41 Å². The molecule has 1 saturated heterocycles. The van der Waals surface area contributed by atoms with E-state index in [9.17, 15) is 4.79 Å². The van der Waals surface area contributed by atoms with Crippen molar-refractivity contribution in [1.29, 1.82) is 0 Å². The van der Waals surface area contributed by atoms with Crippen molar-refractivity contribution in [3.05, 3.63) is 0 Å². The van der Waals surface area contributed by atoms with Gasteiger partial charge in [-0.2, -0.15) is 0 Å². The maximum atomic E-state index is 11.5. The molecular formula is C9H16N2O. The molecule has 1 heterocycles. The van der Waals surface area contributed by atoms with Gasteiger partial charge in [0.15, 0.2) is 0 Å². The molecule has 0 aromatic rings. The van der Waals surface area contributed by atoms with Crippen LogP contribution in [-0.4, -0.2) is 25.5 Å². The van der Waals surface area contributed by atoms with Crippen LogP contribution in [0.3, 0.4) is 0 Å². The van der Waals surface area contributed by atoms with Crippen LogP contribution in [0.15, 0.2) is 0 Å². The molecule has 1 saturated carbocycles. The van der Waals surface area contributed by atoms with Crippen molar-refractivity contribution in [3.8, 4) is 0 Å². The highest BCUT2D eigenvalue weighted by atomic mass is 16.2. The Kier molecular flexibility index (Phi) is 1.65. The number of hydrogen-bond donors (Lipinski definition) is 2. The van der Waals surface area contributed by atoms with Crippen molar-refractivity contribution in [1.82, 2.24) is 10.6 Å². The Morgan fingerprint density at radius 1 is 1.58 bits per heavy atom. The molecule has 0 aromatic heterocycles. The Morgan fingerprint density at radius 2 is 2.25 bits per heavy atom. The maximum absolute atomic E-state index is 11.5. The van der Waals surface area contributed by atoms with Gasteiger partial charge in [-0.3, -0.25) is 4.79 Å². The van der Waals surface area contributed by atoms with Crippen LogP contribution in [0.1, 0.15) is 19.8 Å². The minimum absolute atomic E-state index is 0.0353. The lowest BCUT2D eigenvalue weighted by Crippen LogP contribution is -2.56. The first-order valence-corrected chi connectivity index (χ1v) is 4.66. The van der Waals surface area contributed by atoms with E-state index in [-0.39, 0.29) is 11.3 Å². The molecule has 2 fully saturated rings. The zero-order chi connectivity index (χ0) is 8.77. The van der Waals surface area contributed by atoms with Crippen LogP contribution in [0, 0.1) is 11.3 Å². The van der Waals surface area contributed by atoms with Crippen molar-refractivity contribution < 1.29 is 4.79 Å². The summed E-state index contributed by atoms with van der Waals surface area (Å²) < 4.78 is 0. The van der Waals surface area contributed by atoms with Gasteiger partial charge in [-0.15, -0.1) is 0 Å². The number of piperidine rings is 1. The summed E-state index contributed by atoms with van der Waals surface area (Å²) in [5.41, 5.74) is -0.0353. The lowest BCUT2D eigenvalue weighted by molar-refractivity contribution is -0.130. The molecule has 2 atom stereocenters. The van der Waals surface area contributed by atoms with Crippen molar-refractivity contribution in [2.45, 2.75) is 25.8 Å². The summed E-state index contributed by atoms with van der Waals surface area (Å²) >= 11 is 0. The fourth-order valence-corrected chi connectivity index (χ4v) is 2.47. The number of hydrogen-bond acceptors (Lipinski definition) is 2. The van der Waals surface area contributed by atoms with E-state index in [1.165, 1.54) is 0 Å². The van der Waals surface area contributed by atoms with Gasteiger partial charge < -0.3 is 10.6 Å². The highest BCUT2D eigenvalue weighted by Crippen LogP contribution is 2.52. The topological polar surface area (TPSA) is 41.1 Å². The van der Waals surface area contributed by atoms with Crippen LogP contribution in [0.4, 0.5) is 0 Å². The van der Waals surface area contributed by atoms with Crippen molar-refractivity contribution in [2.24, 2.45) is 11.3 Å². The molecule has 12 heavy (non-hydrogen) atoms. The summed E-state index contributed by atoms with van der Waals surface area (Å²) in [5, 5.41) is 6.25. The van der Waals surface area contributed by atoms with E-state index < -0.39 is 0 Å². The third kappa shape index (κ3) is 0.891. The number of carbonyl (C=O) groups excluding carboxylic acids is 1. The van der Waals surface area contributed by atoms with Crippen molar-refractivity contribution >= 4 is 5.91 Å². The fraction of sp³-hybridized carbons (Fsp3) is 0.889. The summed E-state index contributed by atoms with van der Waals surface area (Å²) in [4.78, 5) is 11.5. The van der Waals surface area contributed by atoms with Crippen LogP contribution in [0.25, 0.3) is 0 Å². The summed E-state index contributed by atoms with van der Waals surface area (Å²) in [7, 11) is 1.96. The van der Waals surface area contributed by atoms with E-state index >= 15 is 0 Å². The second-order valence-electron chi connectivity index (χ2n) is 4.11. The largest absolute Gasteiger partial charge is 0.355 e. The molecule has 1 aliphatic carbocycles.